The van der Waals surface area contributed by atoms with E-state index >= 15 is 0 Å². The van der Waals surface area contributed by atoms with Crippen LogP contribution < -0.4 is 10.2 Å². The molecule has 0 radical (unpaired) electrons. The van der Waals surface area contributed by atoms with Gasteiger partial charge in [-0.1, -0.05) is 0 Å². The van der Waals surface area contributed by atoms with Crippen LogP contribution in [0, 0.1) is 5.92 Å². The third-order valence-electron chi connectivity index (χ3n) is 4.54. The smallest absolute Gasteiger partial charge is 0.262 e. The van der Waals surface area contributed by atoms with Crippen molar-refractivity contribution in [2.45, 2.75) is 36.2 Å². The summed E-state index contributed by atoms with van der Waals surface area (Å²) in [6.45, 7) is 0. The van der Waals surface area contributed by atoms with Gasteiger partial charge in [0.25, 0.3) is 5.91 Å². The molecule has 1 heterocycles. The van der Waals surface area contributed by atoms with Gasteiger partial charge in [-0.2, -0.15) is 4.31 Å². The zero-order valence-electron chi connectivity index (χ0n) is 12.1. The topological polar surface area (TPSA) is 95.9 Å². The molecule has 0 spiro atoms. The summed E-state index contributed by atoms with van der Waals surface area (Å²) < 4.78 is 32.0. The molecule has 7 nitrogen and oxygen atoms in total. The van der Waals surface area contributed by atoms with E-state index in [1.165, 1.54) is 23.5 Å². The maximum absolute atomic E-state index is 12.9. The quantitative estimate of drug-likeness (QED) is 0.628. The molecule has 1 aliphatic carbocycles. The molecule has 3 atom stereocenters. The molecule has 1 saturated heterocycles. The largest absolute Gasteiger partial charge is 0.497 e. The molecule has 120 valence electrons. The Balaban J connectivity index is 1.97. The van der Waals surface area contributed by atoms with Crippen LogP contribution in [0.5, 0.6) is 5.75 Å². The van der Waals surface area contributed by atoms with Crippen molar-refractivity contribution in [3.8, 4) is 5.75 Å². The van der Waals surface area contributed by atoms with Crippen molar-refractivity contribution in [1.29, 1.82) is 0 Å². The zero-order valence-corrected chi connectivity index (χ0v) is 12.9. The minimum absolute atomic E-state index is 0.0369. The van der Waals surface area contributed by atoms with E-state index in [-0.39, 0.29) is 16.9 Å². The third-order valence-corrected chi connectivity index (χ3v) is 6.49. The Bertz CT molecular complexity index is 673. The van der Waals surface area contributed by atoms with Crippen LogP contribution >= 0.6 is 0 Å². The average molecular weight is 326 g/mol. The van der Waals surface area contributed by atoms with E-state index in [0.29, 0.717) is 12.2 Å². The minimum atomic E-state index is -3.79. The van der Waals surface area contributed by atoms with E-state index in [2.05, 4.69) is 0 Å². The number of fused-ring (bicyclic) bond motifs is 2. The third kappa shape index (κ3) is 2.27. The van der Waals surface area contributed by atoms with E-state index in [0.717, 1.165) is 12.8 Å². The van der Waals surface area contributed by atoms with Crippen molar-refractivity contribution < 1.29 is 23.2 Å². The number of nitrogens with one attached hydrogen (secondary N) is 1. The van der Waals surface area contributed by atoms with Crippen LogP contribution in [0.3, 0.4) is 0 Å². The average Bonchev–Trinajstić information content (AvgIpc) is 3.15. The predicted molar refractivity (Wildman–Crippen MR) is 76.9 cm³/mol. The van der Waals surface area contributed by atoms with Crippen LogP contribution in [0.1, 0.15) is 19.3 Å². The fraction of sp³-hybridized carbons (Fsp3) is 0.500. The maximum atomic E-state index is 12.9. The van der Waals surface area contributed by atoms with Crippen molar-refractivity contribution >= 4 is 15.9 Å². The Morgan fingerprint density at radius 2 is 2.00 bits per heavy atom. The molecule has 0 aromatic heterocycles. The van der Waals surface area contributed by atoms with Gasteiger partial charge in [0, 0.05) is 6.04 Å². The normalized spacial score (nSPS) is 27.8. The first-order valence-corrected chi connectivity index (χ1v) is 8.54. The Labute approximate surface area is 128 Å². The molecule has 2 N–H and O–H groups in total. The van der Waals surface area contributed by atoms with E-state index in [1.54, 1.807) is 17.6 Å². The Morgan fingerprint density at radius 1 is 1.32 bits per heavy atom. The number of hydrogen-bond donors (Lipinski definition) is 2. The van der Waals surface area contributed by atoms with Crippen LogP contribution in [-0.2, 0) is 14.8 Å². The number of hydroxylamine groups is 1. The molecule has 2 bridgehead atoms. The standard InChI is InChI=1S/C14H18N2O5S/c1-21-11-4-6-12(7-5-11)22(19,20)16-10-3-2-9(8-10)13(16)14(17)15-18/h4-7,9-10,13,18H,2-3,8H2,1H3,(H,15,17)/t9-,10+,13+/m1/s1. The first-order chi connectivity index (χ1) is 10.5. The number of hydrogen-bond acceptors (Lipinski definition) is 5. The number of rotatable bonds is 4. The molecule has 1 aliphatic heterocycles. The van der Waals surface area contributed by atoms with Gasteiger partial charge in [0.2, 0.25) is 10.0 Å². The van der Waals surface area contributed by atoms with Gasteiger partial charge in [-0.05, 0) is 49.4 Å². The highest BCUT2D eigenvalue weighted by Gasteiger charge is 2.54. The number of nitrogens with zero attached hydrogens (tertiary/aromatic N) is 1. The lowest BCUT2D eigenvalue weighted by Crippen LogP contribution is -2.52. The van der Waals surface area contributed by atoms with Gasteiger partial charge in [0.05, 0.1) is 12.0 Å². The fourth-order valence-corrected chi connectivity index (χ4v) is 5.43. The van der Waals surface area contributed by atoms with Gasteiger partial charge in [0.15, 0.2) is 0 Å². The lowest BCUT2D eigenvalue weighted by molar-refractivity contribution is -0.134. The van der Waals surface area contributed by atoms with Gasteiger partial charge < -0.3 is 4.74 Å². The molecule has 1 aromatic carbocycles. The second-order valence-electron chi connectivity index (χ2n) is 5.66. The van der Waals surface area contributed by atoms with Gasteiger partial charge in [0.1, 0.15) is 11.8 Å². The van der Waals surface area contributed by atoms with Crippen molar-refractivity contribution in [1.82, 2.24) is 9.79 Å². The van der Waals surface area contributed by atoms with Crippen molar-refractivity contribution in [2.24, 2.45) is 5.92 Å². The van der Waals surface area contributed by atoms with E-state index < -0.39 is 22.0 Å². The summed E-state index contributed by atoms with van der Waals surface area (Å²) in [6, 6.07) is 5.06. The number of amides is 1. The summed E-state index contributed by atoms with van der Waals surface area (Å²) in [5.74, 6) is -0.138. The predicted octanol–water partition coefficient (Wildman–Crippen LogP) is 0.742. The molecule has 8 heteroatoms. The van der Waals surface area contributed by atoms with Crippen molar-refractivity contribution in [3.05, 3.63) is 24.3 Å². The SMILES string of the molecule is COc1ccc(S(=O)(=O)N2[C@H]3CC[C@H](C3)[C@H]2C(=O)NO)cc1. The number of benzene rings is 1. The van der Waals surface area contributed by atoms with Crippen LogP contribution in [-0.4, -0.2) is 43.0 Å². The number of sulfonamides is 1. The van der Waals surface area contributed by atoms with Crippen LogP contribution in [0.2, 0.25) is 0 Å². The van der Waals surface area contributed by atoms with Gasteiger partial charge in [-0.25, -0.2) is 13.9 Å². The highest BCUT2D eigenvalue weighted by Crippen LogP contribution is 2.45. The molecular weight excluding hydrogens is 308 g/mol. The highest BCUT2D eigenvalue weighted by molar-refractivity contribution is 7.89. The maximum Gasteiger partial charge on any atom is 0.262 e. The van der Waals surface area contributed by atoms with E-state index in [4.69, 9.17) is 9.94 Å². The number of methoxy groups -OCH3 is 1. The summed E-state index contributed by atoms with van der Waals surface area (Å²) in [7, 11) is -2.29. The summed E-state index contributed by atoms with van der Waals surface area (Å²) in [4.78, 5) is 12.0. The van der Waals surface area contributed by atoms with Crippen LogP contribution in [0.25, 0.3) is 0 Å². The Kier molecular flexibility index (Phi) is 3.84. The zero-order chi connectivity index (χ0) is 15.9. The summed E-state index contributed by atoms with van der Waals surface area (Å²) in [5, 5.41) is 8.91. The lowest BCUT2D eigenvalue weighted by atomic mass is 10.00. The molecular formula is C14H18N2O5S. The minimum Gasteiger partial charge on any atom is -0.497 e. The molecule has 2 fully saturated rings. The fourth-order valence-electron chi connectivity index (χ4n) is 3.56. The molecule has 0 unspecified atom stereocenters. The molecule has 1 amide bonds. The first-order valence-electron chi connectivity index (χ1n) is 7.10. The van der Waals surface area contributed by atoms with Crippen LogP contribution in [0.15, 0.2) is 29.2 Å². The first kappa shape index (κ1) is 15.3. The Morgan fingerprint density at radius 3 is 2.59 bits per heavy atom. The number of ether oxygens (including phenoxy) is 1. The van der Waals surface area contributed by atoms with Gasteiger partial charge >= 0.3 is 0 Å². The summed E-state index contributed by atoms with van der Waals surface area (Å²) in [5.41, 5.74) is 1.60. The van der Waals surface area contributed by atoms with Gasteiger partial charge in [-0.15, -0.1) is 0 Å². The molecule has 1 aromatic rings. The molecule has 2 aliphatic rings. The molecule has 22 heavy (non-hydrogen) atoms. The van der Waals surface area contributed by atoms with Crippen molar-refractivity contribution in [2.75, 3.05) is 7.11 Å². The molecule has 1 saturated carbocycles. The van der Waals surface area contributed by atoms with Crippen LogP contribution in [0.4, 0.5) is 0 Å². The monoisotopic (exact) mass is 326 g/mol. The number of piperidine rings is 1. The lowest BCUT2D eigenvalue weighted by Gasteiger charge is -2.32. The highest BCUT2D eigenvalue weighted by atomic mass is 32.2. The Hall–Kier alpha value is -1.64. The van der Waals surface area contributed by atoms with Gasteiger partial charge in [-0.3, -0.25) is 10.0 Å². The van der Waals surface area contributed by atoms with E-state index in [1.807, 2.05) is 0 Å². The second kappa shape index (κ2) is 5.53. The number of carbonyl (C=O) groups is 1. The molecule has 3 rings (SSSR count). The van der Waals surface area contributed by atoms with E-state index in [9.17, 15) is 13.2 Å². The number of carbonyl (C=O) groups excluding carboxylic acids is 1. The van der Waals surface area contributed by atoms with Crippen molar-refractivity contribution in [3.63, 3.8) is 0 Å². The summed E-state index contributed by atoms with van der Waals surface area (Å²) >= 11 is 0. The second-order valence-corrected chi connectivity index (χ2v) is 7.50. The summed E-state index contributed by atoms with van der Waals surface area (Å²) in [6.07, 6.45) is 2.21.